The molecule has 2 amide bonds. The molecule has 0 aromatic heterocycles. The van der Waals surface area contributed by atoms with Gasteiger partial charge in [-0.2, -0.15) is 0 Å². The third kappa shape index (κ3) is 4.80. The Labute approximate surface area is 181 Å². The molecule has 2 aliphatic heterocycles. The maximum atomic E-state index is 12.9. The van der Waals surface area contributed by atoms with Gasteiger partial charge in [0.05, 0.1) is 6.54 Å². The molecule has 0 bridgehead atoms. The quantitative estimate of drug-likeness (QED) is 0.728. The number of benzene rings is 2. The topological polar surface area (TPSA) is 90.0 Å². The van der Waals surface area contributed by atoms with Crippen LogP contribution in [0.3, 0.4) is 0 Å². The number of hydrogen-bond acceptors (Lipinski definition) is 5. The summed E-state index contributed by atoms with van der Waals surface area (Å²) in [6, 6.07) is 11.7. The number of halogens is 1. The van der Waals surface area contributed by atoms with Crippen LogP contribution in [0.5, 0.6) is 5.75 Å². The van der Waals surface area contributed by atoms with Crippen molar-refractivity contribution in [1.29, 1.82) is 0 Å². The van der Waals surface area contributed by atoms with Crippen molar-refractivity contribution in [3.8, 4) is 5.75 Å². The lowest BCUT2D eigenvalue weighted by atomic mass is 10.00. The molecule has 2 aromatic rings. The standard InChI is InChI=1S/C22H23N3O4.ClH/c26-18-5-1-15(2-6-18)20(27)14-24-9-11-25(12-10-24)22(29)17-3-7-19-16(13-17)4-8-21(28)23-19;/h1-3,5-7,13,26H,4,8-12,14H2,(H,23,28);1H. The van der Waals surface area contributed by atoms with Crippen molar-refractivity contribution in [3.63, 3.8) is 0 Å². The molecule has 0 unspecified atom stereocenters. The molecule has 0 radical (unpaired) electrons. The largest absolute Gasteiger partial charge is 0.508 e. The maximum absolute atomic E-state index is 12.9. The van der Waals surface area contributed by atoms with Crippen LogP contribution in [0.4, 0.5) is 5.69 Å². The molecule has 0 aliphatic carbocycles. The third-order valence-electron chi connectivity index (χ3n) is 5.46. The minimum atomic E-state index is -0.0192. The van der Waals surface area contributed by atoms with E-state index in [9.17, 15) is 19.5 Å². The Morgan fingerprint density at radius 3 is 2.30 bits per heavy atom. The minimum Gasteiger partial charge on any atom is -0.508 e. The van der Waals surface area contributed by atoms with Crippen molar-refractivity contribution < 1.29 is 19.5 Å². The van der Waals surface area contributed by atoms with Gasteiger partial charge in [-0.05, 0) is 54.4 Å². The van der Waals surface area contributed by atoms with Crippen LogP contribution in [0, 0.1) is 0 Å². The van der Waals surface area contributed by atoms with Crippen molar-refractivity contribution in [1.82, 2.24) is 9.80 Å². The van der Waals surface area contributed by atoms with E-state index in [1.165, 1.54) is 12.1 Å². The molecule has 4 rings (SSSR count). The molecule has 158 valence electrons. The summed E-state index contributed by atoms with van der Waals surface area (Å²) in [5.74, 6) is 0.128. The number of fused-ring (bicyclic) bond motifs is 1. The number of nitrogens with zero attached hydrogens (tertiary/aromatic N) is 2. The van der Waals surface area contributed by atoms with Crippen LogP contribution in [0.2, 0.25) is 0 Å². The van der Waals surface area contributed by atoms with E-state index in [0.29, 0.717) is 56.7 Å². The number of ketones is 1. The molecule has 7 nitrogen and oxygen atoms in total. The first-order valence-corrected chi connectivity index (χ1v) is 9.76. The summed E-state index contributed by atoms with van der Waals surface area (Å²) < 4.78 is 0. The molecular formula is C22H24ClN3O4. The van der Waals surface area contributed by atoms with Crippen molar-refractivity contribution in [3.05, 3.63) is 59.2 Å². The summed E-state index contributed by atoms with van der Waals surface area (Å²) in [4.78, 5) is 40.6. The number of hydrogen-bond donors (Lipinski definition) is 2. The number of carbonyl (C=O) groups excluding carboxylic acids is 3. The maximum Gasteiger partial charge on any atom is 0.253 e. The normalized spacial score (nSPS) is 16.3. The highest BCUT2D eigenvalue weighted by Crippen LogP contribution is 2.24. The van der Waals surface area contributed by atoms with Crippen LogP contribution < -0.4 is 5.32 Å². The average Bonchev–Trinajstić information content (AvgIpc) is 2.74. The SMILES string of the molecule is Cl.O=C1CCc2cc(C(=O)N3CCN(CC(=O)c4ccc(O)cc4)CC3)ccc2N1. The summed E-state index contributed by atoms with van der Waals surface area (Å²) in [5.41, 5.74) is 2.99. The fourth-order valence-electron chi connectivity index (χ4n) is 3.75. The van der Waals surface area contributed by atoms with Crippen LogP contribution in [0.1, 0.15) is 32.7 Å². The molecule has 8 heteroatoms. The van der Waals surface area contributed by atoms with Gasteiger partial charge in [0.2, 0.25) is 5.91 Å². The lowest BCUT2D eigenvalue weighted by Gasteiger charge is -2.34. The van der Waals surface area contributed by atoms with E-state index in [1.807, 2.05) is 15.9 Å². The number of anilines is 1. The van der Waals surface area contributed by atoms with Crippen LogP contribution in [-0.4, -0.2) is 65.2 Å². The van der Waals surface area contributed by atoms with Gasteiger partial charge in [0, 0.05) is 49.4 Å². The van der Waals surface area contributed by atoms with Gasteiger partial charge in [0.15, 0.2) is 5.78 Å². The highest BCUT2D eigenvalue weighted by atomic mass is 35.5. The van der Waals surface area contributed by atoms with Gasteiger partial charge in [-0.15, -0.1) is 12.4 Å². The second-order valence-electron chi connectivity index (χ2n) is 7.46. The first-order chi connectivity index (χ1) is 14.0. The average molecular weight is 430 g/mol. The summed E-state index contributed by atoms with van der Waals surface area (Å²) in [6.07, 6.45) is 1.09. The zero-order valence-corrected chi connectivity index (χ0v) is 17.3. The smallest absolute Gasteiger partial charge is 0.253 e. The summed E-state index contributed by atoms with van der Waals surface area (Å²) in [5, 5.41) is 12.2. The van der Waals surface area contributed by atoms with E-state index >= 15 is 0 Å². The number of amides is 2. The van der Waals surface area contributed by atoms with Crippen LogP contribution in [0.15, 0.2) is 42.5 Å². The number of piperazine rings is 1. The Morgan fingerprint density at radius 2 is 1.60 bits per heavy atom. The Hall–Kier alpha value is -2.90. The number of phenols is 1. The molecule has 2 heterocycles. The van der Waals surface area contributed by atoms with Gasteiger partial charge >= 0.3 is 0 Å². The van der Waals surface area contributed by atoms with Crippen molar-refractivity contribution >= 4 is 35.7 Å². The van der Waals surface area contributed by atoms with Crippen LogP contribution in [-0.2, 0) is 11.2 Å². The molecule has 30 heavy (non-hydrogen) atoms. The van der Waals surface area contributed by atoms with Gasteiger partial charge in [0.25, 0.3) is 5.91 Å². The molecule has 0 saturated carbocycles. The van der Waals surface area contributed by atoms with Gasteiger partial charge in [-0.25, -0.2) is 0 Å². The van der Waals surface area contributed by atoms with E-state index in [1.54, 1.807) is 24.3 Å². The first kappa shape index (κ1) is 21.8. The molecule has 0 spiro atoms. The molecule has 0 atom stereocenters. The highest BCUT2D eigenvalue weighted by molar-refractivity contribution is 5.98. The second-order valence-corrected chi connectivity index (χ2v) is 7.46. The molecule has 2 aliphatic rings. The number of aromatic hydroxyl groups is 1. The molecule has 2 N–H and O–H groups in total. The lowest BCUT2D eigenvalue weighted by molar-refractivity contribution is -0.116. The van der Waals surface area contributed by atoms with E-state index in [2.05, 4.69) is 5.32 Å². The van der Waals surface area contributed by atoms with Crippen LogP contribution >= 0.6 is 12.4 Å². The van der Waals surface area contributed by atoms with Gasteiger partial charge in [0.1, 0.15) is 5.75 Å². The number of carbonyl (C=O) groups is 3. The molecule has 1 fully saturated rings. The molecule has 2 aromatic carbocycles. The summed E-state index contributed by atoms with van der Waals surface area (Å²) >= 11 is 0. The lowest BCUT2D eigenvalue weighted by Crippen LogP contribution is -2.49. The van der Waals surface area contributed by atoms with Crippen LogP contribution in [0.25, 0.3) is 0 Å². The fourth-order valence-corrected chi connectivity index (χ4v) is 3.75. The van der Waals surface area contributed by atoms with E-state index in [0.717, 1.165) is 11.3 Å². The number of rotatable bonds is 4. The van der Waals surface area contributed by atoms with E-state index < -0.39 is 0 Å². The van der Waals surface area contributed by atoms with Gasteiger partial charge in [-0.3, -0.25) is 19.3 Å². The van der Waals surface area contributed by atoms with Crippen molar-refractivity contribution in [2.75, 3.05) is 38.0 Å². The van der Waals surface area contributed by atoms with Gasteiger partial charge < -0.3 is 15.3 Å². The second kappa shape index (κ2) is 9.28. The molecule has 1 saturated heterocycles. The number of aryl methyl sites for hydroxylation is 1. The molecular weight excluding hydrogens is 406 g/mol. The minimum absolute atomic E-state index is 0. The monoisotopic (exact) mass is 429 g/mol. The predicted octanol–water partition coefficient (Wildman–Crippen LogP) is 2.34. The first-order valence-electron chi connectivity index (χ1n) is 9.76. The fraction of sp³-hybridized carbons (Fsp3) is 0.318. The van der Waals surface area contributed by atoms with E-state index in [4.69, 9.17) is 0 Å². The Bertz CT molecular complexity index is 953. The Kier molecular flexibility index (Phi) is 6.74. The summed E-state index contributed by atoms with van der Waals surface area (Å²) in [7, 11) is 0. The van der Waals surface area contributed by atoms with E-state index in [-0.39, 0.29) is 35.8 Å². The zero-order valence-electron chi connectivity index (χ0n) is 16.5. The highest BCUT2D eigenvalue weighted by Gasteiger charge is 2.25. The Morgan fingerprint density at radius 1 is 0.933 bits per heavy atom. The number of phenolic OH excluding ortho intramolecular Hbond substituents is 1. The van der Waals surface area contributed by atoms with Crippen molar-refractivity contribution in [2.45, 2.75) is 12.8 Å². The third-order valence-corrected chi connectivity index (χ3v) is 5.46. The Balaban J connectivity index is 0.00000256. The number of Topliss-reactive ketones (excluding diaryl/α,β-unsaturated/α-hetero) is 1. The summed E-state index contributed by atoms with van der Waals surface area (Å²) in [6.45, 7) is 2.70. The predicted molar refractivity (Wildman–Crippen MR) is 115 cm³/mol. The zero-order chi connectivity index (χ0) is 20.4. The number of nitrogens with one attached hydrogen (secondary N) is 1. The van der Waals surface area contributed by atoms with Gasteiger partial charge in [-0.1, -0.05) is 0 Å². The van der Waals surface area contributed by atoms with Crippen molar-refractivity contribution in [2.24, 2.45) is 0 Å².